The summed E-state index contributed by atoms with van der Waals surface area (Å²) < 4.78 is 6.80. The molecular formula is C11H16N2O2. The van der Waals surface area contributed by atoms with Gasteiger partial charge in [0.2, 0.25) is 0 Å². The third kappa shape index (κ3) is 3.97. The molecule has 0 aromatic carbocycles. The van der Waals surface area contributed by atoms with Crippen LogP contribution in [0.1, 0.15) is 26.5 Å². The van der Waals surface area contributed by atoms with Crippen molar-refractivity contribution in [2.24, 2.45) is 7.05 Å². The van der Waals surface area contributed by atoms with E-state index in [1.54, 1.807) is 17.0 Å². The fourth-order valence-corrected chi connectivity index (χ4v) is 1.04. The molecule has 0 atom stereocenters. The first kappa shape index (κ1) is 11.5. The molecule has 0 saturated heterocycles. The van der Waals surface area contributed by atoms with Crippen LogP contribution in [-0.2, 0) is 16.6 Å². The van der Waals surface area contributed by atoms with Crippen molar-refractivity contribution in [1.82, 2.24) is 9.78 Å². The van der Waals surface area contributed by atoms with Gasteiger partial charge in [0.15, 0.2) is 0 Å². The summed E-state index contributed by atoms with van der Waals surface area (Å²) in [6.45, 7) is 5.51. The van der Waals surface area contributed by atoms with Crippen molar-refractivity contribution in [3.05, 3.63) is 24.0 Å². The number of carbonyl (C=O) groups is 1. The monoisotopic (exact) mass is 208 g/mol. The van der Waals surface area contributed by atoms with E-state index in [0.29, 0.717) is 0 Å². The number of nitrogens with zero attached hydrogens (tertiary/aromatic N) is 2. The molecule has 0 saturated carbocycles. The SMILES string of the molecule is Cn1nccc1C=CC(=O)OC(C)(C)C. The number of rotatable bonds is 2. The predicted octanol–water partition coefficient (Wildman–Crippen LogP) is 1.77. The molecule has 0 radical (unpaired) electrons. The first-order valence-electron chi connectivity index (χ1n) is 4.77. The number of aryl methyl sites for hydroxylation is 1. The van der Waals surface area contributed by atoms with Crippen LogP contribution in [0, 0.1) is 0 Å². The van der Waals surface area contributed by atoms with Gasteiger partial charge in [0.05, 0.1) is 5.69 Å². The van der Waals surface area contributed by atoms with Crippen LogP contribution in [0.4, 0.5) is 0 Å². The molecule has 1 heterocycles. The maximum absolute atomic E-state index is 11.3. The van der Waals surface area contributed by atoms with Crippen LogP contribution in [0.25, 0.3) is 6.08 Å². The third-order valence-corrected chi connectivity index (χ3v) is 1.66. The molecule has 0 unspecified atom stereocenters. The smallest absolute Gasteiger partial charge is 0.331 e. The van der Waals surface area contributed by atoms with E-state index in [9.17, 15) is 4.79 Å². The summed E-state index contributed by atoms with van der Waals surface area (Å²) in [4.78, 5) is 11.3. The van der Waals surface area contributed by atoms with Gasteiger partial charge in [-0.2, -0.15) is 5.10 Å². The fourth-order valence-electron chi connectivity index (χ4n) is 1.04. The van der Waals surface area contributed by atoms with Gasteiger partial charge in [-0.05, 0) is 32.9 Å². The number of ether oxygens (including phenoxy) is 1. The molecule has 0 spiro atoms. The van der Waals surface area contributed by atoms with Crippen LogP contribution in [0.5, 0.6) is 0 Å². The van der Waals surface area contributed by atoms with Gasteiger partial charge >= 0.3 is 5.97 Å². The molecule has 0 aliphatic rings. The summed E-state index contributed by atoms with van der Waals surface area (Å²) >= 11 is 0. The van der Waals surface area contributed by atoms with Crippen molar-refractivity contribution in [3.8, 4) is 0 Å². The van der Waals surface area contributed by atoms with Gasteiger partial charge in [-0.15, -0.1) is 0 Å². The Morgan fingerprint density at radius 2 is 2.20 bits per heavy atom. The summed E-state index contributed by atoms with van der Waals surface area (Å²) in [7, 11) is 1.81. The van der Waals surface area contributed by atoms with E-state index in [1.807, 2.05) is 33.9 Å². The number of esters is 1. The van der Waals surface area contributed by atoms with Crippen LogP contribution < -0.4 is 0 Å². The molecule has 0 aliphatic heterocycles. The topological polar surface area (TPSA) is 44.1 Å². The average molecular weight is 208 g/mol. The quantitative estimate of drug-likeness (QED) is 0.549. The molecule has 4 heteroatoms. The molecule has 0 bridgehead atoms. The molecule has 1 aromatic heterocycles. The highest BCUT2D eigenvalue weighted by molar-refractivity contribution is 5.87. The summed E-state index contributed by atoms with van der Waals surface area (Å²) in [5.74, 6) is -0.344. The Morgan fingerprint density at radius 1 is 1.53 bits per heavy atom. The Bertz CT molecular complexity index is 372. The minimum Gasteiger partial charge on any atom is -0.457 e. The zero-order valence-electron chi connectivity index (χ0n) is 9.52. The normalized spacial score (nSPS) is 12.0. The van der Waals surface area contributed by atoms with E-state index in [1.165, 1.54) is 6.08 Å². The highest BCUT2D eigenvalue weighted by atomic mass is 16.6. The van der Waals surface area contributed by atoms with E-state index in [2.05, 4.69) is 5.10 Å². The van der Waals surface area contributed by atoms with Crippen LogP contribution in [0.2, 0.25) is 0 Å². The lowest BCUT2D eigenvalue weighted by atomic mass is 10.2. The molecule has 0 fully saturated rings. The molecule has 0 N–H and O–H groups in total. The molecule has 0 amide bonds. The van der Waals surface area contributed by atoms with Crippen molar-refractivity contribution in [2.45, 2.75) is 26.4 Å². The lowest BCUT2D eigenvalue weighted by Crippen LogP contribution is -2.22. The number of aromatic nitrogens is 2. The first-order chi connectivity index (χ1) is 6.88. The van der Waals surface area contributed by atoms with Gasteiger partial charge < -0.3 is 4.74 Å². The molecule has 4 nitrogen and oxygen atoms in total. The highest BCUT2D eigenvalue weighted by Gasteiger charge is 2.13. The average Bonchev–Trinajstić information content (AvgIpc) is 2.44. The lowest BCUT2D eigenvalue weighted by Gasteiger charge is -2.17. The maximum atomic E-state index is 11.3. The summed E-state index contributed by atoms with van der Waals surface area (Å²) in [6, 6.07) is 1.82. The van der Waals surface area contributed by atoms with Crippen molar-refractivity contribution in [3.63, 3.8) is 0 Å². The summed E-state index contributed by atoms with van der Waals surface area (Å²) in [5.41, 5.74) is 0.411. The van der Waals surface area contributed by atoms with Gasteiger partial charge in [0.1, 0.15) is 5.60 Å². The predicted molar refractivity (Wildman–Crippen MR) is 58.1 cm³/mol. The van der Waals surface area contributed by atoms with E-state index in [0.717, 1.165) is 5.69 Å². The second kappa shape index (κ2) is 4.29. The van der Waals surface area contributed by atoms with E-state index >= 15 is 0 Å². The molecular weight excluding hydrogens is 192 g/mol. The summed E-state index contributed by atoms with van der Waals surface area (Å²) in [6.07, 6.45) is 4.76. The number of hydrogen-bond donors (Lipinski definition) is 0. The molecule has 82 valence electrons. The fraction of sp³-hybridized carbons (Fsp3) is 0.455. The largest absolute Gasteiger partial charge is 0.457 e. The third-order valence-electron chi connectivity index (χ3n) is 1.66. The van der Waals surface area contributed by atoms with Crippen molar-refractivity contribution < 1.29 is 9.53 Å². The van der Waals surface area contributed by atoms with Crippen LogP contribution >= 0.6 is 0 Å². The number of hydrogen-bond acceptors (Lipinski definition) is 3. The van der Waals surface area contributed by atoms with Gasteiger partial charge in [-0.25, -0.2) is 4.79 Å². The van der Waals surface area contributed by atoms with Gasteiger partial charge in [-0.1, -0.05) is 0 Å². The van der Waals surface area contributed by atoms with Gasteiger partial charge in [-0.3, -0.25) is 4.68 Å². The lowest BCUT2D eigenvalue weighted by molar-refractivity contribution is -0.148. The van der Waals surface area contributed by atoms with Crippen molar-refractivity contribution in [2.75, 3.05) is 0 Å². The Kier molecular flexibility index (Phi) is 3.29. The Morgan fingerprint density at radius 3 is 2.67 bits per heavy atom. The molecule has 1 rings (SSSR count). The van der Waals surface area contributed by atoms with Gasteiger partial charge in [0, 0.05) is 19.3 Å². The van der Waals surface area contributed by atoms with Crippen molar-refractivity contribution in [1.29, 1.82) is 0 Å². The molecule has 1 aromatic rings. The minimum atomic E-state index is -0.451. The maximum Gasteiger partial charge on any atom is 0.331 e. The molecule has 15 heavy (non-hydrogen) atoms. The minimum absolute atomic E-state index is 0.344. The number of carbonyl (C=O) groups excluding carboxylic acids is 1. The van der Waals surface area contributed by atoms with Crippen molar-refractivity contribution >= 4 is 12.0 Å². The van der Waals surface area contributed by atoms with E-state index in [4.69, 9.17) is 4.74 Å². The Balaban J connectivity index is 2.59. The second-order valence-corrected chi connectivity index (χ2v) is 4.25. The van der Waals surface area contributed by atoms with Crippen LogP contribution in [0.15, 0.2) is 18.3 Å². The van der Waals surface area contributed by atoms with Crippen LogP contribution in [0.3, 0.4) is 0 Å². The van der Waals surface area contributed by atoms with E-state index < -0.39 is 5.60 Å². The van der Waals surface area contributed by atoms with E-state index in [-0.39, 0.29) is 5.97 Å². The second-order valence-electron chi connectivity index (χ2n) is 4.25. The Hall–Kier alpha value is -1.58. The zero-order valence-corrected chi connectivity index (χ0v) is 9.52. The van der Waals surface area contributed by atoms with Gasteiger partial charge in [0.25, 0.3) is 0 Å². The standard InChI is InChI=1S/C11H16N2O2/c1-11(2,3)15-10(14)6-5-9-7-8-12-13(9)4/h5-8H,1-4H3. The zero-order chi connectivity index (χ0) is 11.5. The first-order valence-corrected chi connectivity index (χ1v) is 4.77. The Labute approximate surface area is 89.5 Å². The summed E-state index contributed by atoms with van der Waals surface area (Å²) in [5, 5.41) is 3.98. The molecule has 0 aliphatic carbocycles. The highest BCUT2D eigenvalue weighted by Crippen LogP contribution is 2.08. The van der Waals surface area contributed by atoms with Crippen LogP contribution in [-0.4, -0.2) is 21.4 Å².